The third kappa shape index (κ3) is 3.62. The van der Waals surface area contributed by atoms with Gasteiger partial charge in [-0.2, -0.15) is 0 Å². The van der Waals surface area contributed by atoms with E-state index in [1.165, 1.54) is 0 Å². The van der Waals surface area contributed by atoms with Crippen LogP contribution in [-0.4, -0.2) is 40.2 Å². The number of carboxylic acids is 1. The SMILES string of the molecule is O=C([O-])c1coc(CN2CC[C@H](O)C2)n1.[K+]. The van der Waals surface area contributed by atoms with Crippen molar-refractivity contribution in [1.82, 2.24) is 9.88 Å². The normalized spacial score (nSPS) is 20.7. The summed E-state index contributed by atoms with van der Waals surface area (Å²) < 4.78 is 4.97. The van der Waals surface area contributed by atoms with Crippen molar-refractivity contribution in [3.63, 3.8) is 0 Å². The molecule has 2 heterocycles. The van der Waals surface area contributed by atoms with Gasteiger partial charge < -0.3 is 19.4 Å². The number of β-amino-alcohol motifs (C(OH)–C–C–N with tert-alkyl or cyclic N) is 1. The van der Waals surface area contributed by atoms with Gasteiger partial charge in [-0.3, -0.25) is 4.90 Å². The summed E-state index contributed by atoms with van der Waals surface area (Å²) >= 11 is 0. The Bertz CT molecular complexity index is 368. The number of aromatic carboxylic acids is 1. The minimum absolute atomic E-state index is 0. The van der Waals surface area contributed by atoms with Crippen molar-refractivity contribution in [2.75, 3.05) is 13.1 Å². The van der Waals surface area contributed by atoms with Gasteiger partial charge in [0.15, 0.2) is 0 Å². The van der Waals surface area contributed by atoms with Crippen molar-refractivity contribution in [3.05, 3.63) is 17.8 Å². The molecule has 82 valence electrons. The fourth-order valence-corrected chi connectivity index (χ4v) is 1.62. The molecule has 6 nitrogen and oxygen atoms in total. The first-order chi connectivity index (χ1) is 7.15. The van der Waals surface area contributed by atoms with Gasteiger partial charge in [-0.05, 0) is 6.42 Å². The van der Waals surface area contributed by atoms with Crippen LogP contribution < -0.4 is 56.5 Å². The average Bonchev–Trinajstić information content (AvgIpc) is 2.76. The zero-order chi connectivity index (χ0) is 10.8. The molecule has 0 amide bonds. The second-order valence-corrected chi connectivity index (χ2v) is 3.59. The maximum absolute atomic E-state index is 10.4. The maximum Gasteiger partial charge on any atom is 1.00 e. The number of likely N-dealkylation sites (tertiary alicyclic amines) is 1. The van der Waals surface area contributed by atoms with E-state index in [9.17, 15) is 15.0 Å². The maximum atomic E-state index is 10.4. The van der Waals surface area contributed by atoms with E-state index in [4.69, 9.17) is 4.42 Å². The monoisotopic (exact) mass is 250 g/mol. The Morgan fingerprint density at radius 2 is 2.50 bits per heavy atom. The Kier molecular flexibility index (Phi) is 5.58. The topological polar surface area (TPSA) is 89.6 Å². The number of rotatable bonds is 3. The van der Waals surface area contributed by atoms with E-state index in [1.54, 1.807) is 0 Å². The van der Waals surface area contributed by atoms with E-state index in [0.717, 1.165) is 19.2 Å². The molecule has 16 heavy (non-hydrogen) atoms. The fourth-order valence-electron chi connectivity index (χ4n) is 1.62. The molecular weight excluding hydrogens is 239 g/mol. The molecule has 0 spiro atoms. The standard InChI is InChI=1S/C9H12N2O4.K/c12-6-1-2-11(3-6)4-8-10-7(5-15-8)9(13)14;/h5-6,12H,1-4H2,(H,13,14);/q;+1/p-1/t6-;/m0./s1. The second kappa shape index (κ2) is 6.25. The van der Waals surface area contributed by atoms with Crippen LogP contribution in [-0.2, 0) is 6.54 Å². The first-order valence-corrected chi connectivity index (χ1v) is 4.71. The number of aliphatic hydroxyl groups is 1. The van der Waals surface area contributed by atoms with Gasteiger partial charge in [-0.1, -0.05) is 0 Å². The third-order valence-electron chi connectivity index (χ3n) is 2.37. The van der Waals surface area contributed by atoms with Gasteiger partial charge in [0.25, 0.3) is 0 Å². The van der Waals surface area contributed by atoms with Crippen LogP contribution in [0.15, 0.2) is 10.7 Å². The molecule has 0 saturated carbocycles. The number of aromatic nitrogens is 1. The molecule has 0 unspecified atom stereocenters. The van der Waals surface area contributed by atoms with Crippen molar-refractivity contribution in [1.29, 1.82) is 0 Å². The van der Waals surface area contributed by atoms with Crippen molar-refractivity contribution >= 4 is 5.97 Å². The van der Waals surface area contributed by atoms with E-state index < -0.39 is 5.97 Å². The Morgan fingerprint density at radius 1 is 1.75 bits per heavy atom. The van der Waals surface area contributed by atoms with Crippen LogP contribution >= 0.6 is 0 Å². The van der Waals surface area contributed by atoms with Crippen molar-refractivity contribution in [2.24, 2.45) is 0 Å². The molecule has 1 atom stereocenters. The predicted octanol–water partition coefficient (Wildman–Crippen LogP) is -4.39. The van der Waals surface area contributed by atoms with Crippen LogP contribution in [0.25, 0.3) is 0 Å². The smallest absolute Gasteiger partial charge is 0.543 e. The summed E-state index contributed by atoms with van der Waals surface area (Å²) in [5, 5.41) is 19.7. The number of carbonyl (C=O) groups excluding carboxylic acids is 1. The third-order valence-corrected chi connectivity index (χ3v) is 2.37. The summed E-state index contributed by atoms with van der Waals surface area (Å²) in [5.41, 5.74) is -0.190. The molecule has 1 aliphatic rings. The molecule has 0 aliphatic carbocycles. The van der Waals surface area contributed by atoms with E-state index >= 15 is 0 Å². The van der Waals surface area contributed by atoms with Crippen molar-refractivity contribution < 1.29 is 70.8 Å². The van der Waals surface area contributed by atoms with Crippen LogP contribution in [0.1, 0.15) is 22.8 Å². The molecule has 0 aromatic carbocycles. The van der Waals surface area contributed by atoms with Gasteiger partial charge in [0.05, 0.1) is 18.6 Å². The Labute approximate surface area is 135 Å². The number of carboxylic acid groups (broad SMARTS) is 1. The first kappa shape index (κ1) is 14.3. The van der Waals surface area contributed by atoms with Crippen LogP contribution in [0.4, 0.5) is 0 Å². The minimum Gasteiger partial charge on any atom is -0.543 e. The summed E-state index contributed by atoms with van der Waals surface area (Å²) in [7, 11) is 0. The molecule has 1 aliphatic heterocycles. The van der Waals surface area contributed by atoms with Gasteiger partial charge in [-0.25, -0.2) is 4.98 Å². The zero-order valence-corrected chi connectivity index (χ0v) is 12.2. The first-order valence-electron chi connectivity index (χ1n) is 4.71. The number of hydrogen-bond donors (Lipinski definition) is 1. The van der Waals surface area contributed by atoms with Crippen molar-refractivity contribution in [3.8, 4) is 0 Å². The van der Waals surface area contributed by atoms with E-state index in [1.807, 2.05) is 4.90 Å². The van der Waals surface area contributed by atoms with Gasteiger partial charge in [0, 0.05) is 13.1 Å². The number of carbonyl (C=O) groups is 1. The van der Waals surface area contributed by atoms with Gasteiger partial charge >= 0.3 is 51.4 Å². The number of oxazole rings is 1. The molecule has 1 aromatic rings. The van der Waals surface area contributed by atoms with Crippen molar-refractivity contribution in [2.45, 2.75) is 19.1 Å². The zero-order valence-electron chi connectivity index (χ0n) is 9.05. The second-order valence-electron chi connectivity index (χ2n) is 3.59. The predicted molar refractivity (Wildman–Crippen MR) is 46.7 cm³/mol. The van der Waals surface area contributed by atoms with E-state index in [-0.39, 0.29) is 63.2 Å². The van der Waals surface area contributed by atoms with E-state index in [2.05, 4.69) is 4.98 Å². The van der Waals surface area contributed by atoms with Gasteiger partial charge in [-0.15, -0.1) is 0 Å². The van der Waals surface area contributed by atoms with Crippen LogP contribution in [0.2, 0.25) is 0 Å². The molecule has 1 saturated heterocycles. The molecule has 0 bridgehead atoms. The molecule has 1 aromatic heterocycles. The Balaban J connectivity index is 0.00000128. The summed E-state index contributed by atoms with van der Waals surface area (Å²) in [6.07, 6.45) is 1.49. The Morgan fingerprint density at radius 3 is 3.00 bits per heavy atom. The molecule has 0 radical (unpaired) electrons. The summed E-state index contributed by atoms with van der Waals surface area (Å²) in [5.74, 6) is -1.00. The molecule has 1 fully saturated rings. The average molecular weight is 250 g/mol. The summed E-state index contributed by atoms with van der Waals surface area (Å²) in [6.45, 7) is 1.76. The molecule has 1 N–H and O–H groups in total. The summed E-state index contributed by atoms with van der Waals surface area (Å²) in [4.78, 5) is 16.1. The molecular formula is C9H11KN2O4. The number of hydrogen-bond acceptors (Lipinski definition) is 6. The Hall–Kier alpha value is 0.236. The van der Waals surface area contributed by atoms with E-state index in [0.29, 0.717) is 19.0 Å². The minimum atomic E-state index is -1.34. The largest absolute Gasteiger partial charge is 1.00 e. The van der Waals surface area contributed by atoms with Crippen LogP contribution in [0, 0.1) is 0 Å². The molecule has 2 rings (SSSR count). The van der Waals surface area contributed by atoms with Crippen LogP contribution in [0.3, 0.4) is 0 Å². The summed E-state index contributed by atoms with van der Waals surface area (Å²) in [6, 6.07) is 0. The van der Waals surface area contributed by atoms with Gasteiger partial charge in [0.1, 0.15) is 12.0 Å². The fraction of sp³-hybridized carbons (Fsp3) is 0.556. The molecule has 7 heteroatoms. The quantitative estimate of drug-likeness (QED) is 0.545. The number of aliphatic hydroxyl groups excluding tert-OH is 1. The van der Waals surface area contributed by atoms with Crippen LogP contribution in [0.5, 0.6) is 0 Å². The van der Waals surface area contributed by atoms with Gasteiger partial charge in [0.2, 0.25) is 5.89 Å². The number of nitrogens with zero attached hydrogens (tertiary/aromatic N) is 2.